The number of thiocarbonyl (C=S) groups is 1. The Hall–Kier alpha value is -1.47. The Labute approximate surface area is 122 Å². The van der Waals surface area contributed by atoms with Crippen LogP contribution in [0.5, 0.6) is 5.75 Å². The number of ether oxygens (including phenoxy) is 1. The molecule has 0 aromatic heterocycles. The zero-order chi connectivity index (χ0) is 14.5. The van der Waals surface area contributed by atoms with Crippen LogP contribution in [0.4, 0.5) is 14.5 Å². The quantitative estimate of drug-likeness (QED) is 0.809. The van der Waals surface area contributed by atoms with E-state index in [1.807, 2.05) is 0 Å². The molecule has 0 bridgehead atoms. The Morgan fingerprint density at radius 3 is 2.45 bits per heavy atom. The standard InChI is InChI=1S/C13H17F2N3OS/c1-17-6-8-18(9-7-17)13(20)16-10-2-4-11(5-3-10)19-12(14)15/h2-5,12H,6-9H2,1H3,(H,16,20)/p+1. The summed E-state index contributed by atoms with van der Waals surface area (Å²) in [5, 5.41) is 3.78. The minimum absolute atomic E-state index is 0.139. The summed E-state index contributed by atoms with van der Waals surface area (Å²) in [6.07, 6.45) is 0. The second kappa shape index (κ2) is 6.81. The van der Waals surface area contributed by atoms with Crippen LogP contribution >= 0.6 is 12.2 Å². The summed E-state index contributed by atoms with van der Waals surface area (Å²) >= 11 is 5.35. The van der Waals surface area contributed by atoms with Gasteiger partial charge in [-0.25, -0.2) is 0 Å². The molecule has 1 heterocycles. The number of anilines is 1. The van der Waals surface area contributed by atoms with E-state index in [1.165, 1.54) is 17.0 Å². The first-order chi connectivity index (χ1) is 9.54. The molecular weight excluding hydrogens is 284 g/mol. The normalized spacial score (nSPS) is 16.3. The van der Waals surface area contributed by atoms with Gasteiger partial charge in [0.05, 0.1) is 33.2 Å². The first kappa shape index (κ1) is 14.9. The summed E-state index contributed by atoms with van der Waals surface area (Å²) in [6, 6.07) is 6.33. The third-order valence-electron chi connectivity index (χ3n) is 3.23. The number of nitrogens with zero attached hydrogens (tertiary/aromatic N) is 1. The average Bonchev–Trinajstić information content (AvgIpc) is 2.41. The smallest absolute Gasteiger partial charge is 0.387 e. The minimum Gasteiger partial charge on any atom is -0.435 e. The Morgan fingerprint density at radius 1 is 1.30 bits per heavy atom. The van der Waals surface area contributed by atoms with Crippen molar-refractivity contribution in [2.75, 3.05) is 38.5 Å². The first-order valence-electron chi connectivity index (χ1n) is 6.46. The summed E-state index contributed by atoms with van der Waals surface area (Å²) in [4.78, 5) is 3.61. The fourth-order valence-electron chi connectivity index (χ4n) is 2.01. The van der Waals surface area contributed by atoms with E-state index in [-0.39, 0.29) is 5.75 Å². The Bertz CT molecular complexity index is 447. The van der Waals surface area contributed by atoms with E-state index in [0.717, 1.165) is 31.9 Å². The monoisotopic (exact) mass is 302 g/mol. The van der Waals surface area contributed by atoms with Gasteiger partial charge in [0.15, 0.2) is 5.11 Å². The van der Waals surface area contributed by atoms with Gasteiger partial charge in [-0.2, -0.15) is 8.78 Å². The number of hydrogen-bond acceptors (Lipinski definition) is 2. The number of likely N-dealkylation sites (N-methyl/N-ethyl adjacent to an activating group) is 1. The summed E-state index contributed by atoms with van der Waals surface area (Å²) in [7, 11) is 2.16. The predicted molar refractivity (Wildman–Crippen MR) is 77.5 cm³/mol. The molecule has 4 nitrogen and oxygen atoms in total. The molecule has 1 saturated heterocycles. The molecule has 2 rings (SSSR count). The lowest BCUT2D eigenvalue weighted by Crippen LogP contribution is -3.12. The molecule has 0 amide bonds. The fraction of sp³-hybridized carbons (Fsp3) is 0.462. The lowest BCUT2D eigenvalue weighted by Gasteiger charge is -2.32. The van der Waals surface area contributed by atoms with Gasteiger partial charge in [0.1, 0.15) is 5.75 Å². The summed E-state index contributed by atoms with van der Waals surface area (Å²) in [6.45, 7) is 1.16. The second-order valence-electron chi connectivity index (χ2n) is 4.78. The highest BCUT2D eigenvalue weighted by molar-refractivity contribution is 7.80. The van der Waals surface area contributed by atoms with Crippen molar-refractivity contribution < 1.29 is 18.4 Å². The van der Waals surface area contributed by atoms with Crippen LogP contribution in [-0.4, -0.2) is 49.9 Å². The zero-order valence-corrected chi connectivity index (χ0v) is 12.1. The van der Waals surface area contributed by atoms with Crippen molar-refractivity contribution in [1.82, 2.24) is 4.90 Å². The molecule has 0 spiro atoms. The lowest BCUT2D eigenvalue weighted by molar-refractivity contribution is -0.883. The Kier molecular flexibility index (Phi) is 5.08. The maximum Gasteiger partial charge on any atom is 0.387 e. The van der Waals surface area contributed by atoms with E-state index in [4.69, 9.17) is 12.2 Å². The molecule has 0 saturated carbocycles. The summed E-state index contributed by atoms with van der Waals surface area (Å²) in [5.41, 5.74) is 0.767. The van der Waals surface area contributed by atoms with Gasteiger partial charge in [-0.15, -0.1) is 0 Å². The highest BCUT2D eigenvalue weighted by Crippen LogP contribution is 2.18. The molecule has 7 heteroatoms. The maximum absolute atomic E-state index is 12.0. The van der Waals surface area contributed by atoms with Crippen LogP contribution in [0.3, 0.4) is 0 Å². The number of rotatable bonds is 3. The van der Waals surface area contributed by atoms with Crippen LogP contribution < -0.4 is 15.0 Å². The van der Waals surface area contributed by atoms with E-state index in [1.54, 1.807) is 12.1 Å². The number of quaternary nitrogens is 1. The highest BCUT2D eigenvalue weighted by atomic mass is 32.1. The minimum atomic E-state index is -2.80. The van der Waals surface area contributed by atoms with Crippen molar-refractivity contribution in [2.45, 2.75) is 6.61 Å². The van der Waals surface area contributed by atoms with Crippen molar-refractivity contribution in [2.24, 2.45) is 0 Å². The third-order valence-corrected chi connectivity index (χ3v) is 3.60. The van der Waals surface area contributed by atoms with Crippen LogP contribution in [0.25, 0.3) is 0 Å². The van der Waals surface area contributed by atoms with Crippen LogP contribution in [-0.2, 0) is 0 Å². The summed E-state index contributed by atoms with van der Waals surface area (Å²) < 4.78 is 28.4. The van der Waals surface area contributed by atoms with Gasteiger partial charge in [-0.05, 0) is 36.5 Å². The second-order valence-corrected chi connectivity index (χ2v) is 5.16. The average molecular weight is 302 g/mol. The maximum atomic E-state index is 12.0. The molecule has 1 aliphatic rings. The molecule has 1 fully saturated rings. The van der Waals surface area contributed by atoms with E-state index in [9.17, 15) is 8.78 Å². The van der Waals surface area contributed by atoms with Crippen LogP contribution in [0.15, 0.2) is 24.3 Å². The van der Waals surface area contributed by atoms with E-state index < -0.39 is 6.61 Å². The van der Waals surface area contributed by atoms with E-state index in [2.05, 4.69) is 22.0 Å². The molecule has 0 atom stereocenters. The zero-order valence-electron chi connectivity index (χ0n) is 11.2. The number of nitrogens with one attached hydrogen (secondary N) is 2. The molecule has 110 valence electrons. The number of alkyl halides is 2. The molecule has 1 aliphatic heterocycles. The number of hydrogen-bond donors (Lipinski definition) is 2. The van der Waals surface area contributed by atoms with Gasteiger partial charge in [-0.1, -0.05) is 0 Å². The van der Waals surface area contributed by atoms with Crippen LogP contribution in [0.1, 0.15) is 0 Å². The van der Waals surface area contributed by atoms with Gasteiger partial charge < -0.3 is 19.9 Å². The molecule has 0 radical (unpaired) electrons. The number of benzene rings is 1. The molecule has 0 unspecified atom stereocenters. The van der Waals surface area contributed by atoms with Crippen molar-refractivity contribution in [3.8, 4) is 5.75 Å². The molecular formula is C13H18F2N3OS+. The topological polar surface area (TPSA) is 28.9 Å². The van der Waals surface area contributed by atoms with E-state index in [0.29, 0.717) is 5.11 Å². The van der Waals surface area contributed by atoms with Gasteiger partial charge in [0.2, 0.25) is 0 Å². The molecule has 1 aromatic carbocycles. The van der Waals surface area contributed by atoms with Crippen LogP contribution in [0.2, 0.25) is 0 Å². The SMILES string of the molecule is C[NH+]1CCN(C(=S)Nc2ccc(OC(F)F)cc2)CC1. The summed E-state index contributed by atoms with van der Waals surface area (Å²) in [5.74, 6) is 0.139. The van der Waals surface area contributed by atoms with Crippen molar-refractivity contribution in [3.63, 3.8) is 0 Å². The highest BCUT2D eigenvalue weighted by Gasteiger charge is 2.18. The van der Waals surface area contributed by atoms with Crippen molar-refractivity contribution in [3.05, 3.63) is 24.3 Å². The number of halogens is 2. The largest absolute Gasteiger partial charge is 0.435 e. The Morgan fingerprint density at radius 2 is 1.90 bits per heavy atom. The van der Waals surface area contributed by atoms with E-state index >= 15 is 0 Å². The predicted octanol–water partition coefficient (Wildman–Crippen LogP) is 0.815. The van der Waals surface area contributed by atoms with Crippen LogP contribution in [0, 0.1) is 0 Å². The fourth-order valence-corrected chi connectivity index (χ4v) is 2.31. The van der Waals surface area contributed by atoms with Crippen molar-refractivity contribution >= 4 is 23.0 Å². The third kappa shape index (κ3) is 4.28. The van der Waals surface area contributed by atoms with Gasteiger partial charge in [0.25, 0.3) is 0 Å². The lowest BCUT2D eigenvalue weighted by atomic mass is 10.3. The number of piperazine rings is 1. The molecule has 1 aromatic rings. The first-order valence-corrected chi connectivity index (χ1v) is 6.87. The van der Waals surface area contributed by atoms with Gasteiger partial charge in [0, 0.05) is 5.69 Å². The molecule has 2 N–H and O–H groups in total. The van der Waals surface area contributed by atoms with Gasteiger partial charge >= 0.3 is 6.61 Å². The van der Waals surface area contributed by atoms with Gasteiger partial charge in [-0.3, -0.25) is 0 Å². The molecule has 20 heavy (non-hydrogen) atoms. The molecule has 0 aliphatic carbocycles. The Balaban J connectivity index is 1.88. The van der Waals surface area contributed by atoms with Crippen molar-refractivity contribution in [1.29, 1.82) is 0 Å².